The Balaban J connectivity index is 1.69. The van der Waals surface area contributed by atoms with Crippen LogP contribution in [0.1, 0.15) is 10.4 Å². The number of ether oxygens (including phenoxy) is 2. The van der Waals surface area contributed by atoms with Crippen molar-refractivity contribution in [3.63, 3.8) is 0 Å². The molecule has 0 aliphatic rings. The molecule has 0 aliphatic carbocycles. The second-order valence-electron chi connectivity index (χ2n) is 9.27. The highest BCUT2D eigenvalue weighted by atomic mass is 35.5. The number of halogens is 1. The van der Waals surface area contributed by atoms with Crippen molar-refractivity contribution >= 4 is 64.6 Å². The monoisotopic (exact) mass is 561 g/mol. The summed E-state index contributed by atoms with van der Waals surface area (Å²) in [6.45, 7) is 7.78. The summed E-state index contributed by atoms with van der Waals surface area (Å²) in [5, 5.41) is 8.05. The number of rotatable bonds is 10. The molecule has 4 aromatic rings. The number of fused-ring (bicyclic) bond motifs is 1. The average Bonchev–Trinajstić information content (AvgIpc) is 3.44. The molecular weight excluding hydrogens is 534 g/mol. The number of hydrogen-bond acceptors (Lipinski definition) is 8. The molecule has 0 radical (unpaired) electrons. The minimum absolute atomic E-state index is 0.228. The Morgan fingerprint density at radius 1 is 1.25 bits per heavy atom. The number of anilines is 1. The first-order chi connectivity index (χ1) is 17.2. The standard InChI is InChI=1S/C24H28ClN5O3S2Si/c1-32-19-7-6-15(25)10-16(19)22-18(12-27-30(22)14-33-8-9-36(3,4)5)28-23(31)17-11-26-13-20-21(17)29-24(34-2)35-20/h6-7,10-13H,8-9,14H2,1-5H3,(H,28,31). The Morgan fingerprint density at radius 3 is 2.78 bits per heavy atom. The van der Waals surface area contributed by atoms with Crippen molar-refractivity contribution in [3.8, 4) is 17.0 Å². The number of carbonyl (C=O) groups excluding carboxylic acids is 1. The van der Waals surface area contributed by atoms with Crippen LogP contribution in [0.5, 0.6) is 5.75 Å². The van der Waals surface area contributed by atoms with Gasteiger partial charge in [0.1, 0.15) is 12.5 Å². The summed E-state index contributed by atoms with van der Waals surface area (Å²) in [5.74, 6) is 0.277. The van der Waals surface area contributed by atoms with E-state index < -0.39 is 8.07 Å². The predicted molar refractivity (Wildman–Crippen MR) is 150 cm³/mol. The average molecular weight is 562 g/mol. The fourth-order valence-corrected chi connectivity index (χ4v) is 5.93. The van der Waals surface area contributed by atoms with Crippen LogP contribution in [0.2, 0.25) is 30.7 Å². The van der Waals surface area contributed by atoms with Gasteiger partial charge in [-0.15, -0.1) is 11.3 Å². The molecule has 3 aromatic heterocycles. The van der Waals surface area contributed by atoms with Gasteiger partial charge >= 0.3 is 0 Å². The van der Waals surface area contributed by atoms with Crippen molar-refractivity contribution in [1.29, 1.82) is 0 Å². The highest BCUT2D eigenvalue weighted by Gasteiger charge is 2.22. The summed E-state index contributed by atoms with van der Waals surface area (Å²) in [6.07, 6.45) is 6.82. The third kappa shape index (κ3) is 6.09. The molecule has 0 bridgehead atoms. The number of methoxy groups -OCH3 is 1. The first-order valence-corrected chi connectivity index (χ1v) is 17.4. The minimum atomic E-state index is -1.23. The number of amides is 1. The van der Waals surface area contributed by atoms with E-state index in [4.69, 9.17) is 21.1 Å². The van der Waals surface area contributed by atoms with E-state index >= 15 is 0 Å². The molecule has 0 fully saturated rings. The number of nitrogens with zero attached hydrogens (tertiary/aromatic N) is 4. The van der Waals surface area contributed by atoms with E-state index in [1.54, 1.807) is 42.4 Å². The lowest BCUT2D eigenvalue weighted by Gasteiger charge is -2.17. The zero-order chi connectivity index (χ0) is 25.9. The topological polar surface area (TPSA) is 91.2 Å². The number of carbonyl (C=O) groups is 1. The van der Waals surface area contributed by atoms with Gasteiger partial charge < -0.3 is 14.8 Å². The third-order valence-electron chi connectivity index (χ3n) is 5.42. The number of thiazole rings is 1. The second-order valence-corrected chi connectivity index (χ2v) is 17.4. The van der Waals surface area contributed by atoms with Crippen LogP contribution >= 0.6 is 34.7 Å². The summed E-state index contributed by atoms with van der Waals surface area (Å²) in [7, 11) is 0.357. The first kappa shape index (κ1) is 26.6. The molecule has 0 spiro atoms. The number of nitrogens with one attached hydrogen (secondary N) is 1. The van der Waals surface area contributed by atoms with Crippen LogP contribution in [0.25, 0.3) is 21.5 Å². The summed E-state index contributed by atoms with van der Waals surface area (Å²) in [6, 6.07) is 6.37. The normalized spacial score (nSPS) is 11.7. The Morgan fingerprint density at radius 2 is 2.06 bits per heavy atom. The van der Waals surface area contributed by atoms with Crippen molar-refractivity contribution in [2.24, 2.45) is 0 Å². The van der Waals surface area contributed by atoms with Crippen molar-refractivity contribution in [3.05, 3.63) is 47.4 Å². The van der Waals surface area contributed by atoms with Crippen molar-refractivity contribution in [2.45, 2.75) is 36.8 Å². The van der Waals surface area contributed by atoms with Crippen LogP contribution in [-0.4, -0.2) is 53.7 Å². The lowest BCUT2D eigenvalue weighted by atomic mass is 10.1. The molecule has 36 heavy (non-hydrogen) atoms. The first-order valence-electron chi connectivity index (χ1n) is 11.3. The Labute approximate surface area is 224 Å². The summed E-state index contributed by atoms with van der Waals surface area (Å²) < 4.78 is 15.0. The van der Waals surface area contributed by atoms with Crippen LogP contribution < -0.4 is 10.1 Å². The molecule has 1 amide bonds. The highest BCUT2D eigenvalue weighted by molar-refractivity contribution is 8.00. The fourth-order valence-electron chi connectivity index (χ4n) is 3.53. The van der Waals surface area contributed by atoms with Gasteiger partial charge in [-0.2, -0.15) is 5.10 Å². The predicted octanol–water partition coefficient (Wildman–Crippen LogP) is 6.50. The Kier molecular flexibility index (Phi) is 8.36. The molecule has 1 N–H and O–H groups in total. The second kappa shape index (κ2) is 11.3. The molecule has 0 aliphatic heterocycles. The number of benzene rings is 1. The van der Waals surface area contributed by atoms with Gasteiger partial charge in [0.25, 0.3) is 5.91 Å². The van der Waals surface area contributed by atoms with Gasteiger partial charge in [-0.25, -0.2) is 9.67 Å². The van der Waals surface area contributed by atoms with Gasteiger partial charge in [0.15, 0.2) is 4.34 Å². The smallest absolute Gasteiger partial charge is 0.259 e. The van der Waals surface area contributed by atoms with Crippen LogP contribution in [-0.2, 0) is 11.5 Å². The van der Waals surface area contributed by atoms with Crippen molar-refractivity contribution < 1.29 is 14.3 Å². The largest absolute Gasteiger partial charge is 0.496 e. The fraction of sp³-hybridized carbons (Fsp3) is 0.333. The molecule has 12 heteroatoms. The van der Waals surface area contributed by atoms with E-state index in [1.165, 1.54) is 29.3 Å². The van der Waals surface area contributed by atoms with Gasteiger partial charge in [0, 0.05) is 37.7 Å². The Bertz CT molecular complexity index is 1390. The molecule has 1 aromatic carbocycles. The number of pyridine rings is 1. The van der Waals surface area contributed by atoms with E-state index in [0.29, 0.717) is 45.4 Å². The summed E-state index contributed by atoms with van der Waals surface area (Å²) in [5.41, 5.74) is 2.86. The maximum absolute atomic E-state index is 13.4. The molecule has 0 atom stereocenters. The van der Waals surface area contributed by atoms with E-state index in [-0.39, 0.29) is 12.6 Å². The van der Waals surface area contributed by atoms with E-state index in [2.05, 4.69) is 40.0 Å². The number of hydrogen-bond donors (Lipinski definition) is 1. The molecule has 0 saturated heterocycles. The van der Waals surface area contributed by atoms with Gasteiger partial charge in [0.2, 0.25) is 0 Å². The summed E-state index contributed by atoms with van der Waals surface area (Å²) >= 11 is 9.38. The molecule has 0 unspecified atom stereocenters. The van der Waals surface area contributed by atoms with Crippen LogP contribution in [0.3, 0.4) is 0 Å². The maximum atomic E-state index is 13.4. The van der Waals surface area contributed by atoms with Gasteiger partial charge in [0.05, 0.1) is 40.5 Å². The van der Waals surface area contributed by atoms with E-state index in [9.17, 15) is 4.79 Å². The van der Waals surface area contributed by atoms with Crippen molar-refractivity contribution in [2.75, 3.05) is 25.3 Å². The summed E-state index contributed by atoms with van der Waals surface area (Å²) in [4.78, 5) is 22.2. The molecule has 4 rings (SSSR count). The molecule has 0 saturated carbocycles. The van der Waals surface area contributed by atoms with Gasteiger partial charge in [-0.3, -0.25) is 9.78 Å². The lowest BCUT2D eigenvalue weighted by molar-refractivity contribution is 0.0797. The molecule has 3 heterocycles. The lowest BCUT2D eigenvalue weighted by Crippen LogP contribution is -2.22. The van der Waals surface area contributed by atoms with E-state index in [1.807, 2.05) is 6.26 Å². The molecule has 190 valence electrons. The van der Waals surface area contributed by atoms with Gasteiger partial charge in [-0.05, 0) is 30.5 Å². The molecular formula is C24H28ClN5O3S2Si. The minimum Gasteiger partial charge on any atom is -0.496 e. The maximum Gasteiger partial charge on any atom is 0.259 e. The van der Waals surface area contributed by atoms with Crippen LogP contribution in [0, 0.1) is 0 Å². The zero-order valence-electron chi connectivity index (χ0n) is 20.8. The number of aromatic nitrogens is 4. The quantitative estimate of drug-likeness (QED) is 0.134. The Hall–Kier alpha value is -2.44. The number of thioether (sulfide) groups is 1. The van der Waals surface area contributed by atoms with Crippen LogP contribution in [0.4, 0.5) is 5.69 Å². The van der Waals surface area contributed by atoms with Crippen LogP contribution in [0.15, 0.2) is 41.1 Å². The van der Waals surface area contributed by atoms with E-state index in [0.717, 1.165) is 15.1 Å². The zero-order valence-corrected chi connectivity index (χ0v) is 24.2. The third-order valence-corrected chi connectivity index (χ3v) is 9.33. The van der Waals surface area contributed by atoms with Crippen molar-refractivity contribution in [1.82, 2.24) is 19.7 Å². The van der Waals surface area contributed by atoms with Gasteiger partial charge in [-0.1, -0.05) is 43.0 Å². The highest BCUT2D eigenvalue weighted by Crippen LogP contribution is 2.37. The SMILES string of the molecule is COc1ccc(Cl)cc1-c1c(NC(=O)c2cncc3sc(SC)nc23)cnn1COCC[Si](C)(C)C. The molecule has 8 nitrogen and oxygen atoms in total.